The molecule has 2 aliphatic rings. The van der Waals surface area contributed by atoms with Crippen LogP contribution in [0.15, 0.2) is 22.8 Å². The van der Waals surface area contributed by atoms with Gasteiger partial charge in [-0.05, 0) is 80.0 Å². The fourth-order valence-corrected chi connectivity index (χ4v) is 4.96. The SMILES string of the molecule is CCC(C)CC(=C(C)C1CC1C(C)C1=CC(CC(C)C(C)C)C1)C(C)C. The summed E-state index contributed by atoms with van der Waals surface area (Å²) in [6.07, 6.45) is 9.47. The minimum absolute atomic E-state index is 0.713. The van der Waals surface area contributed by atoms with Crippen molar-refractivity contribution in [1.29, 1.82) is 0 Å². The zero-order valence-electron chi connectivity index (χ0n) is 19.2. The third-order valence-electron chi connectivity index (χ3n) is 7.85. The molecule has 0 aromatic heterocycles. The van der Waals surface area contributed by atoms with Crippen molar-refractivity contribution in [2.24, 2.45) is 47.3 Å². The Morgan fingerprint density at radius 2 is 1.69 bits per heavy atom. The van der Waals surface area contributed by atoms with Gasteiger partial charge in [0, 0.05) is 0 Å². The van der Waals surface area contributed by atoms with Crippen molar-refractivity contribution in [1.82, 2.24) is 0 Å². The molecule has 2 aliphatic carbocycles. The maximum absolute atomic E-state index is 2.64. The van der Waals surface area contributed by atoms with Gasteiger partial charge >= 0.3 is 0 Å². The summed E-state index contributed by atoms with van der Waals surface area (Å²) >= 11 is 0. The number of hydrogen-bond acceptors (Lipinski definition) is 0. The quantitative estimate of drug-likeness (QED) is 0.344. The summed E-state index contributed by atoms with van der Waals surface area (Å²) in [6.45, 7) is 21.7. The Morgan fingerprint density at radius 3 is 2.19 bits per heavy atom. The summed E-state index contributed by atoms with van der Waals surface area (Å²) < 4.78 is 0. The van der Waals surface area contributed by atoms with Crippen LogP contribution in [-0.2, 0) is 0 Å². The topological polar surface area (TPSA) is 0 Å². The molecular weight excluding hydrogens is 312 g/mol. The van der Waals surface area contributed by atoms with Crippen molar-refractivity contribution < 1.29 is 0 Å². The Hall–Kier alpha value is -0.520. The highest BCUT2D eigenvalue weighted by molar-refractivity contribution is 5.28. The first-order valence-electron chi connectivity index (χ1n) is 11.6. The summed E-state index contributed by atoms with van der Waals surface area (Å²) in [6, 6.07) is 0. The van der Waals surface area contributed by atoms with Crippen LogP contribution in [0.1, 0.15) is 94.4 Å². The van der Waals surface area contributed by atoms with Gasteiger partial charge in [0.15, 0.2) is 0 Å². The Balaban J connectivity index is 1.93. The molecule has 0 heterocycles. The van der Waals surface area contributed by atoms with Crippen molar-refractivity contribution in [3.05, 3.63) is 22.8 Å². The molecule has 0 bridgehead atoms. The largest absolute Gasteiger partial charge is 0.0816 e. The lowest BCUT2D eigenvalue weighted by atomic mass is 9.73. The number of rotatable bonds is 10. The van der Waals surface area contributed by atoms with Gasteiger partial charge in [-0.1, -0.05) is 84.6 Å². The van der Waals surface area contributed by atoms with Crippen LogP contribution >= 0.6 is 0 Å². The minimum Gasteiger partial charge on any atom is -0.0816 e. The maximum atomic E-state index is 2.64. The fourth-order valence-electron chi connectivity index (χ4n) is 4.96. The van der Waals surface area contributed by atoms with E-state index in [1.807, 2.05) is 0 Å². The van der Waals surface area contributed by atoms with Gasteiger partial charge < -0.3 is 0 Å². The molecular formula is C26H46. The second-order valence-corrected chi connectivity index (χ2v) is 10.5. The second kappa shape index (κ2) is 9.11. The first-order valence-corrected chi connectivity index (χ1v) is 11.6. The van der Waals surface area contributed by atoms with Gasteiger partial charge in [-0.25, -0.2) is 0 Å². The Bertz CT molecular complexity index is 518. The molecule has 26 heavy (non-hydrogen) atoms. The Kier molecular flexibility index (Phi) is 7.63. The van der Waals surface area contributed by atoms with Crippen molar-refractivity contribution in [3.63, 3.8) is 0 Å². The third-order valence-corrected chi connectivity index (χ3v) is 7.85. The van der Waals surface area contributed by atoms with Gasteiger partial charge in [-0.3, -0.25) is 0 Å². The molecule has 0 aromatic carbocycles. The molecule has 0 aliphatic heterocycles. The molecule has 0 heteroatoms. The molecule has 6 atom stereocenters. The van der Waals surface area contributed by atoms with Crippen LogP contribution in [0, 0.1) is 47.3 Å². The monoisotopic (exact) mass is 358 g/mol. The molecule has 0 amide bonds. The van der Waals surface area contributed by atoms with Crippen LogP contribution in [0.4, 0.5) is 0 Å². The van der Waals surface area contributed by atoms with E-state index in [4.69, 9.17) is 0 Å². The van der Waals surface area contributed by atoms with Gasteiger partial charge in [-0.15, -0.1) is 0 Å². The highest BCUT2D eigenvalue weighted by atomic mass is 14.5. The molecule has 0 nitrogen and oxygen atoms in total. The van der Waals surface area contributed by atoms with Crippen molar-refractivity contribution in [2.45, 2.75) is 94.4 Å². The van der Waals surface area contributed by atoms with E-state index < -0.39 is 0 Å². The van der Waals surface area contributed by atoms with Crippen LogP contribution in [0.5, 0.6) is 0 Å². The normalized spacial score (nSPS) is 29.8. The highest BCUT2D eigenvalue weighted by Crippen LogP contribution is 2.54. The predicted octanol–water partition coefficient (Wildman–Crippen LogP) is 8.30. The van der Waals surface area contributed by atoms with Gasteiger partial charge in [0.25, 0.3) is 0 Å². The molecule has 2 rings (SSSR count). The summed E-state index contributed by atoms with van der Waals surface area (Å²) in [4.78, 5) is 0. The Labute approximate surface area is 164 Å². The van der Waals surface area contributed by atoms with Crippen molar-refractivity contribution in [3.8, 4) is 0 Å². The molecule has 0 radical (unpaired) electrons. The van der Waals surface area contributed by atoms with Gasteiger partial charge in [-0.2, -0.15) is 0 Å². The van der Waals surface area contributed by atoms with Crippen molar-refractivity contribution in [2.75, 3.05) is 0 Å². The van der Waals surface area contributed by atoms with Gasteiger partial charge in [0.1, 0.15) is 0 Å². The summed E-state index contributed by atoms with van der Waals surface area (Å²) in [7, 11) is 0. The Morgan fingerprint density at radius 1 is 1.08 bits per heavy atom. The van der Waals surface area contributed by atoms with Crippen LogP contribution in [0.25, 0.3) is 0 Å². The maximum Gasteiger partial charge on any atom is -0.0166 e. The van der Waals surface area contributed by atoms with E-state index in [0.717, 1.165) is 41.4 Å². The molecule has 6 unspecified atom stereocenters. The van der Waals surface area contributed by atoms with Crippen LogP contribution < -0.4 is 0 Å². The number of hydrogen-bond donors (Lipinski definition) is 0. The lowest BCUT2D eigenvalue weighted by molar-refractivity contribution is 0.321. The lowest BCUT2D eigenvalue weighted by Gasteiger charge is -2.33. The molecule has 1 saturated carbocycles. The van der Waals surface area contributed by atoms with Crippen LogP contribution in [-0.4, -0.2) is 0 Å². The first-order chi connectivity index (χ1) is 12.1. The summed E-state index contributed by atoms with van der Waals surface area (Å²) in [5, 5.41) is 0. The fraction of sp³-hybridized carbons (Fsp3) is 0.846. The zero-order chi connectivity index (χ0) is 19.6. The van der Waals surface area contributed by atoms with Crippen LogP contribution in [0.2, 0.25) is 0 Å². The van der Waals surface area contributed by atoms with E-state index in [1.54, 1.807) is 16.7 Å². The molecule has 1 fully saturated rings. The number of allylic oxidation sites excluding steroid dienone is 4. The average molecular weight is 359 g/mol. The first kappa shape index (κ1) is 21.8. The van der Waals surface area contributed by atoms with E-state index in [2.05, 4.69) is 68.4 Å². The van der Waals surface area contributed by atoms with E-state index in [1.165, 1.54) is 32.1 Å². The van der Waals surface area contributed by atoms with Crippen LogP contribution in [0.3, 0.4) is 0 Å². The molecule has 150 valence electrons. The van der Waals surface area contributed by atoms with E-state index in [9.17, 15) is 0 Å². The molecule has 0 N–H and O–H groups in total. The predicted molar refractivity (Wildman–Crippen MR) is 117 cm³/mol. The molecule has 0 aromatic rings. The average Bonchev–Trinajstić information content (AvgIpc) is 3.33. The molecule has 0 saturated heterocycles. The van der Waals surface area contributed by atoms with Gasteiger partial charge in [0.2, 0.25) is 0 Å². The van der Waals surface area contributed by atoms with Crippen molar-refractivity contribution >= 4 is 0 Å². The molecule has 0 spiro atoms. The van der Waals surface area contributed by atoms with E-state index in [-0.39, 0.29) is 0 Å². The van der Waals surface area contributed by atoms with E-state index in [0.29, 0.717) is 5.92 Å². The lowest BCUT2D eigenvalue weighted by Crippen LogP contribution is -2.21. The zero-order valence-corrected chi connectivity index (χ0v) is 19.2. The van der Waals surface area contributed by atoms with E-state index >= 15 is 0 Å². The second-order valence-electron chi connectivity index (χ2n) is 10.5. The highest BCUT2D eigenvalue weighted by Gasteiger charge is 2.45. The van der Waals surface area contributed by atoms with Gasteiger partial charge in [0.05, 0.1) is 0 Å². The standard InChI is InChI=1S/C26H46/c1-10-18(6)11-24(17(4)5)21(9)26-15-25(26)20(8)23-13-22(14-23)12-19(7)16(2)3/h13,16-20,22,25-26H,10-12,14-15H2,1-9H3. The summed E-state index contributed by atoms with van der Waals surface area (Å²) in [5.41, 5.74) is 5.30. The minimum atomic E-state index is 0.713. The smallest absolute Gasteiger partial charge is 0.0166 e. The summed E-state index contributed by atoms with van der Waals surface area (Å²) in [5.74, 6) is 6.72. The third kappa shape index (κ3) is 5.26.